The minimum Gasteiger partial charge on any atom is -0.357 e. The summed E-state index contributed by atoms with van der Waals surface area (Å²) in [5, 5.41) is 4.52. The lowest BCUT2D eigenvalue weighted by molar-refractivity contribution is 0.0996. The molecule has 7 nitrogen and oxygen atoms in total. The summed E-state index contributed by atoms with van der Waals surface area (Å²) < 4.78 is 15.1. The molecule has 27 heavy (non-hydrogen) atoms. The molecule has 0 saturated carbocycles. The van der Waals surface area contributed by atoms with Crippen molar-refractivity contribution in [3.05, 3.63) is 60.1 Å². The Morgan fingerprint density at radius 3 is 2.59 bits per heavy atom. The fourth-order valence-electron chi connectivity index (χ4n) is 3.61. The molecule has 2 aliphatic rings. The van der Waals surface area contributed by atoms with Crippen LogP contribution in [0.5, 0.6) is 0 Å². The third-order valence-electron chi connectivity index (χ3n) is 5.00. The van der Waals surface area contributed by atoms with Gasteiger partial charge in [-0.05, 0) is 25.0 Å². The second kappa shape index (κ2) is 6.15. The van der Waals surface area contributed by atoms with E-state index in [1.807, 2.05) is 12.1 Å². The van der Waals surface area contributed by atoms with Gasteiger partial charge in [0, 0.05) is 25.4 Å². The van der Waals surface area contributed by atoms with E-state index in [1.54, 1.807) is 17.1 Å². The summed E-state index contributed by atoms with van der Waals surface area (Å²) in [5.41, 5.74) is 2.41. The maximum Gasteiger partial charge on any atom is 0.262 e. The van der Waals surface area contributed by atoms with Crippen molar-refractivity contribution >= 4 is 17.4 Å². The first-order valence-corrected chi connectivity index (χ1v) is 8.91. The molecule has 0 spiro atoms. The predicted molar refractivity (Wildman–Crippen MR) is 97.5 cm³/mol. The molecule has 1 fully saturated rings. The molecule has 5 rings (SSSR count). The summed E-state index contributed by atoms with van der Waals surface area (Å²) in [4.78, 5) is 24.8. The summed E-state index contributed by atoms with van der Waals surface area (Å²) in [6.45, 7) is 2.38. The molecular formula is C19H17FN6O. The van der Waals surface area contributed by atoms with E-state index in [4.69, 9.17) is 0 Å². The van der Waals surface area contributed by atoms with E-state index in [0.29, 0.717) is 23.5 Å². The number of hydrogen-bond acceptors (Lipinski definition) is 5. The monoisotopic (exact) mass is 364 g/mol. The fourth-order valence-corrected chi connectivity index (χ4v) is 3.61. The van der Waals surface area contributed by atoms with Crippen molar-refractivity contribution in [2.45, 2.75) is 19.4 Å². The van der Waals surface area contributed by atoms with Gasteiger partial charge in [-0.3, -0.25) is 9.78 Å². The number of carbonyl (C=O) groups is 1. The van der Waals surface area contributed by atoms with E-state index in [-0.39, 0.29) is 5.91 Å². The third-order valence-corrected chi connectivity index (χ3v) is 5.00. The van der Waals surface area contributed by atoms with Crippen LogP contribution in [0.15, 0.2) is 43.0 Å². The molecule has 1 saturated heterocycles. The van der Waals surface area contributed by atoms with E-state index in [1.165, 1.54) is 30.0 Å². The molecule has 3 aromatic heterocycles. The molecule has 2 aliphatic heterocycles. The average molecular weight is 364 g/mol. The Labute approximate surface area is 155 Å². The SMILES string of the molecule is O=C1c2cn(-c3ccc(N4CCCC4)nc3)nc2CN1c1cncc(F)c1. The summed E-state index contributed by atoms with van der Waals surface area (Å²) in [5.74, 6) is 0.293. The van der Waals surface area contributed by atoms with Crippen molar-refractivity contribution in [1.29, 1.82) is 0 Å². The second-order valence-corrected chi connectivity index (χ2v) is 6.76. The lowest BCUT2D eigenvalue weighted by Gasteiger charge is -2.16. The number of carbonyl (C=O) groups excluding carboxylic acids is 1. The van der Waals surface area contributed by atoms with Crippen molar-refractivity contribution in [3.8, 4) is 5.69 Å². The summed E-state index contributed by atoms with van der Waals surface area (Å²) in [6, 6.07) is 5.24. The van der Waals surface area contributed by atoms with Crippen LogP contribution in [0.2, 0.25) is 0 Å². The highest BCUT2D eigenvalue weighted by molar-refractivity contribution is 6.09. The molecule has 136 valence electrons. The van der Waals surface area contributed by atoms with Crippen molar-refractivity contribution in [3.63, 3.8) is 0 Å². The zero-order valence-electron chi connectivity index (χ0n) is 14.5. The van der Waals surface area contributed by atoms with E-state index >= 15 is 0 Å². The fraction of sp³-hybridized carbons (Fsp3) is 0.263. The van der Waals surface area contributed by atoms with Crippen LogP contribution in [0.25, 0.3) is 5.69 Å². The number of aromatic nitrogens is 4. The lowest BCUT2D eigenvalue weighted by Crippen LogP contribution is -2.24. The largest absolute Gasteiger partial charge is 0.357 e. The number of rotatable bonds is 3. The van der Waals surface area contributed by atoms with E-state index in [0.717, 1.165) is 30.8 Å². The van der Waals surface area contributed by atoms with Gasteiger partial charge in [-0.25, -0.2) is 14.1 Å². The number of anilines is 2. The van der Waals surface area contributed by atoms with Gasteiger partial charge < -0.3 is 9.80 Å². The maximum absolute atomic E-state index is 13.4. The second-order valence-electron chi connectivity index (χ2n) is 6.76. The number of amides is 1. The number of halogens is 1. The molecule has 0 unspecified atom stereocenters. The Balaban J connectivity index is 1.39. The first-order chi connectivity index (χ1) is 13.2. The predicted octanol–water partition coefficient (Wildman–Crippen LogP) is 2.56. The van der Waals surface area contributed by atoms with Crippen molar-refractivity contribution in [2.75, 3.05) is 22.9 Å². The minimum atomic E-state index is -0.473. The smallest absolute Gasteiger partial charge is 0.262 e. The molecule has 0 atom stereocenters. The Morgan fingerprint density at radius 2 is 1.89 bits per heavy atom. The minimum absolute atomic E-state index is 0.203. The van der Waals surface area contributed by atoms with E-state index < -0.39 is 5.82 Å². The van der Waals surface area contributed by atoms with Crippen LogP contribution in [0.3, 0.4) is 0 Å². The quantitative estimate of drug-likeness (QED) is 0.715. The van der Waals surface area contributed by atoms with E-state index in [2.05, 4.69) is 20.0 Å². The van der Waals surface area contributed by atoms with Crippen LogP contribution in [-0.2, 0) is 6.54 Å². The Morgan fingerprint density at radius 1 is 1.04 bits per heavy atom. The standard InChI is InChI=1S/C19H17FN6O/c20-13-7-15(9-21-8-13)25-12-17-16(19(25)27)11-26(23-17)14-3-4-18(22-10-14)24-5-1-2-6-24/h3-4,7-11H,1-2,5-6,12H2. The number of nitrogens with zero attached hydrogens (tertiary/aromatic N) is 6. The van der Waals surface area contributed by atoms with Gasteiger partial charge in [0.05, 0.1) is 47.8 Å². The molecule has 0 aliphatic carbocycles. The van der Waals surface area contributed by atoms with Crippen LogP contribution in [0.1, 0.15) is 28.9 Å². The van der Waals surface area contributed by atoms with Gasteiger partial charge in [0.25, 0.3) is 5.91 Å². The lowest BCUT2D eigenvalue weighted by atomic mass is 10.3. The molecule has 8 heteroatoms. The molecule has 0 aromatic carbocycles. The first-order valence-electron chi connectivity index (χ1n) is 8.91. The Kier molecular flexibility index (Phi) is 3.63. The molecule has 0 bridgehead atoms. The summed E-state index contributed by atoms with van der Waals surface area (Å²) in [7, 11) is 0. The first kappa shape index (κ1) is 15.9. The van der Waals surface area contributed by atoms with Crippen LogP contribution in [-0.4, -0.2) is 38.7 Å². The highest BCUT2D eigenvalue weighted by atomic mass is 19.1. The van der Waals surface area contributed by atoms with Crippen molar-refractivity contribution < 1.29 is 9.18 Å². The Bertz CT molecular complexity index is 1010. The van der Waals surface area contributed by atoms with Gasteiger partial charge in [0.2, 0.25) is 0 Å². The number of fused-ring (bicyclic) bond motifs is 1. The zero-order valence-corrected chi connectivity index (χ0v) is 14.5. The van der Waals surface area contributed by atoms with Crippen LogP contribution in [0, 0.1) is 5.82 Å². The molecular weight excluding hydrogens is 347 g/mol. The topological polar surface area (TPSA) is 67.2 Å². The van der Waals surface area contributed by atoms with Gasteiger partial charge in [-0.1, -0.05) is 0 Å². The molecule has 3 aromatic rings. The molecule has 5 heterocycles. The zero-order chi connectivity index (χ0) is 18.4. The number of pyridine rings is 2. The molecule has 0 radical (unpaired) electrons. The third kappa shape index (κ3) is 2.73. The van der Waals surface area contributed by atoms with Gasteiger partial charge in [0.15, 0.2) is 0 Å². The normalized spacial score (nSPS) is 16.3. The van der Waals surface area contributed by atoms with Crippen LogP contribution < -0.4 is 9.80 Å². The summed E-state index contributed by atoms with van der Waals surface area (Å²) >= 11 is 0. The van der Waals surface area contributed by atoms with Crippen LogP contribution in [0.4, 0.5) is 15.9 Å². The Hall–Kier alpha value is -3.29. The maximum atomic E-state index is 13.4. The van der Waals surface area contributed by atoms with Gasteiger partial charge >= 0.3 is 0 Å². The van der Waals surface area contributed by atoms with E-state index in [9.17, 15) is 9.18 Å². The molecule has 1 amide bonds. The highest BCUT2D eigenvalue weighted by Gasteiger charge is 2.32. The summed E-state index contributed by atoms with van der Waals surface area (Å²) in [6.07, 6.45) is 8.47. The van der Waals surface area contributed by atoms with Crippen molar-refractivity contribution in [1.82, 2.24) is 19.7 Å². The highest BCUT2D eigenvalue weighted by Crippen LogP contribution is 2.28. The van der Waals surface area contributed by atoms with Gasteiger partial charge in [-0.2, -0.15) is 5.10 Å². The van der Waals surface area contributed by atoms with Crippen LogP contribution >= 0.6 is 0 Å². The van der Waals surface area contributed by atoms with Crippen molar-refractivity contribution in [2.24, 2.45) is 0 Å². The molecule has 0 N–H and O–H groups in total. The van der Waals surface area contributed by atoms with Gasteiger partial charge in [0.1, 0.15) is 11.6 Å². The average Bonchev–Trinajstić information content (AvgIpc) is 3.40. The van der Waals surface area contributed by atoms with Gasteiger partial charge in [-0.15, -0.1) is 0 Å². The number of hydrogen-bond donors (Lipinski definition) is 0.